The average Bonchev–Trinajstić information content (AvgIpc) is 2.46. The molecule has 1 aromatic carbocycles. The summed E-state index contributed by atoms with van der Waals surface area (Å²) in [6.07, 6.45) is 0. The number of hydrazine groups is 1. The topological polar surface area (TPSA) is 122 Å². The molecule has 1 heterocycles. The summed E-state index contributed by atoms with van der Waals surface area (Å²) >= 11 is 0. The highest BCUT2D eigenvalue weighted by molar-refractivity contribution is 7.89. The minimum atomic E-state index is -3.82. The van der Waals surface area contributed by atoms with Crippen molar-refractivity contribution >= 4 is 21.4 Å². The summed E-state index contributed by atoms with van der Waals surface area (Å²) in [6, 6.07) is 3.53. The Bertz CT molecular complexity index is 640. The average molecular weight is 315 g/mol. The van der Waals surface area contributed by atoms with Crippen molar-refractivity contribution in [2.45, 2.75) is 4.90 Å². The standard InChI is InChI=1S/C11H17N5O4S/c1-14-4-6-15(7-5-14)21(19,20)11-8-9(16(17)18)2-3-10(11)13-12/h2-3,8,13H,4-7,12H2,1H3. The first-order chi connectivity index (χ1) is 9.86. The van der Waals surface area contributed by atoms with Crippen molar-refractivity contribution < 1.29 is 13.3 Å². The van der Waals surface area contributed by atoms with Crippen molar-refractivity contribution in [3.8, 4) is 0 Å². The Morgan fingerprint density at radius 2 is 1.90 bits per heavy atom. The maximum absolute atomic E-state index is 12.6. The summed E-state index contributed by atoms with van der Waals surface area (Å²) in [5, 5.41) is 10.8. The Kier molecular flexibility index (Phi) is 4.42. The van der Waals surface area contributed by atoms with Crippen LogP contribution >= 0.6 is 0 Å². The van der Waals surface area contributed by atoms with Crippen molar-refractivity contribution in [2.24, 2.45) is 5.84 Å². The number of nitrogens with one attached hydrogen (secondary N) is 1. The molecular formula is C11H17N5O4S. The number of nitrogens with zero attached hydrogens (tertiary/aromatic N) is 3. The third kappa shape index (κ3) is 3.13. The summed E-state index contributed by atoms with van der Waals surface area (Å²) < 4.78 is 26.6. The van der Waals surface area contributed by atoms with Gasteiger partial charge in [-0.15, -0.1) is 0 Å². The van der Waals surface area contributed by atoms with E-state index < -0.39 is 14.9 Å². The highest BCUT2D eigenvalue weighted by Gasteiger charge is 2.30. The Hall–Kier alpha value is -1.75. The number of hydrogen-bond acceptors (Lipinski definition) is 7. The van der Waals surface area contributed by atoms with Gasteiger partial charge in [-0.3, -0.25) is 16.0 Å². The van der Waals surface area contributed by atoms with Gasteiger partial charge in [-0.1, -0.05) is 0 Å². The highest BCUT2D eigenvalue weighted by atomic mass is 32.2. The van der Waals surface area contributed by atoms with Gasteiger partial charge in [0.1, 0.15) is 4.90 Å². The summed E-state index contributed by atoms with van der Waals surface area (Å²) in [5.41, 5.74) is 2.13. The molecule has 0 atom stereocenters. The first-order valence-electron chi connectivity index (χ1n) is 6.30. The molecule has 1 saturated heterocycles. The van der Waals surface area contributed by atoms with Crippen LogP contribution in [-0.2, 0) is 10.0 Å². The second kappa shape index (κ2) is 5.93. The van der Waals surface area contributed by atoms with Gasteiger partial charge in [-0.2, -0.15) is 4.31 Å². The molecule has 1 aromatic rings. The first kappa shape index (κ1) is 15.6. The largest absolute Gasteiger partial charge is 0.323 e. The number of nitro benzene ring substituents is 1. The van der Waals surface area contributed by atoms with E-state index in [0.717, 1.165) is 6.07 Å². The number of nitro groups is 1. The molecule has 0 saturated carbocycles. The van der Waals surface area contributed by atoms with Crippen LogP contribution in [0, 0.1) is 10.1 Å². The van der Waals surface area contributed by atoms with Crippen LogP contribution in [0.2, 0.25) is 0 Å². The predicted molar refractivity (Wildman–Crippen MR) is 77.2 cm³/mol. The predicted octanol–water partition coefficient (Wildman–Crippen LogP) is -0.183. The van der Waals surface area contributed by atoms with Gasteiger partial charge in [-0.25, -0.2) is 8.42 Å². The highest BCUT2D eigenvalue weighted by Crippen LogP contribution is 2.28. The fraction of sp³-hybridized carbons (Fsp3) is 0.455. The fourth-order valence-corrected chi connectivity index (χ4v) is 3.72. The monoisotopic (exact) mass is 315 g/mol. The number of sulfonamides is 1. The number of rotatable bonds is 4. The number of non-ortho nitro benzene ring substituents is 1. The van der Waals surface area contributed by atoms with E-state index in [-0.39, 0.29) is 16.3 Å². The molecule has 116 valence electrons. The van der Waals surface area contributed by atoms with Crippen LogP contribution in [0.5, 0.6) is 0 Å². The van der Waals surface area contributed by atoms with E-state index >= 15 is 0 Å². The molecule has 9 nitrogen and oxygen atoms in total. The van der Waals surface area contributed by atoms with Crippen LogP contribution in [0.15, 0.2) is 23.1 Å². The molecule has 1 fully saturated rings. The molecule has 10 heteroatoms. The van der Waals surface area contributed by atoms with Crippen LogP contribution in [-0.4, -0.2) is 55.8 Å². The van der Waals surface area contributed by atoms with E-state index in [1.54, 1.807) is 0 Å². The Balaban J connectivity index is 2.43. The van der Waals surface area contributed by atoms with Crippen molar-refractivity contribution in [2.75, 3.05) is 38.7 Å². The molecule has 0 radical (unpaired) electrons. The van der Waals surface area contributed by atoms with Crippen LogP contribution in [0.4, 0.5) is 11.4 Å². The second-order valence-electron chi connectivity index (χ2n) is 4.79. The summed E-state index contributed by atoms with van der Waals surface area (Å²) in [5.74, 6) is 5.31. The van der Waals surface area contributed by atoms with Crippen LogP contribution in [0.3, 0.4) is 0 Å². The molecule has 1 aliphatic rings. The van der Waals surface area contributed by atoms with Gasteiger partial charge in [-0.05, 0) is 13.1 Å². The number of hydrogen-bond donors (Lipinski definition) is 2. The number of benzene rings is 1. The van der Waals surface area contributed by atoms with Gasteiger partial charge < -0.3 is 10.3 Å². The maximum atomic E-state index is 12.6. The van der Waals surface area contributed by atoms with Crippen LogP contribution in [0.1, 0.15) is 0 Å². The van der Waals surface area contributed by atoms with Gasteiger partial charge in [0.15, 0.2) is 0 Å². The van der Waals surface area contributed by atoms with E-state index in [1.165, 1.54) is 16.4 Å². The number of anilines is 1. The fourth-order valence-electron chi connectivity index (χ4n) is 2.12. The summed E-state index contributed by atoms with van der Waals surface area (Å²) in [7, 11) is -1.92. The molecular weight excluding hydrogens is 298 g/mol. The first-order valence-corrected chi connectivity index (χ1v) is 7.74. The molecule has 1 aliphatic heterocycles. The molecule has 2 rings (SSSR count). The van der Waals surface area contributed by atoms with Gasteiger partial charge in [0.2, 0.25) is 10.0 Å². The molecule has 0 spiro atoms. The third-order valence-corrected chi connectivity index (χ3v) is 5.35. The van der Waals surface area contributed by atoms with Crippen molar-refractivity contribution in [1.29, 1.82) is 0 Å². The number of likely N-dealkylation sites (N-methyl/N-ethyl adjacent to an activating group) is 1. The zero-order valence-electron chi connectivity index (χ0n) is 11.5. The number of piperazine rings is 1. The molecule has 21 heavy (non-hydrogen) atoms. The lowest BCUT2D eigenvalue weighted by Gasteiger charge is -2.31. The van der Waals surface area contributed by atoms with E-state index in [1.807, 2.05) is 11.9 Å². The van der Waals surface area contributed by atoms with E-state index in [2.05, 4.69) is 5.43 Å². The minimum Gasteiger partial charge on any atom is -0.323 e. The van der Waals surface area contributed by atoms with Gasteiger partial charge >= 0.3 is 0 Å². The number of nitrogens with two attached hydrogens (primary N) is 1. The lowest BCUT2D eigenvalue weighted by atomic mass is 10.3. The lowest BCUT2D eigenvalue weighted by Crippen LogP contribution is -2.47. The van der Waals surface area contributed by atoms with Gasteiger partial charge in [0.05, 0.1) is 10.6 Å². The normalized spacial score (nSPS) is 17.6. The zero-order chi connectivity index (χ0) is 15.6. The van der Waals surface area contributed by atoms with E-state index in [9.17, 15) is 18.5 Å². The van der Waals surface area contributed by atoms with E-state index in [4.69, 9.17) is 5.84 Å². The SMILES string of the molecule is CN1CCN(S(=O)(=O)c2cc([N+](=O)[O-])ccc2NN)CC1. The van der Waals surface area contributed by atoms with Crippen molar-refractivity contribution in [3.05, 3.63) is 28.3 Å². The Morgan fingerprint density at radius 1 is 1.29 bits per heavy atom. The molecule has 0 amide bonds. The molecule has 3 N–H and O–H groups in total. The zero-order valence-corrected chi connectivity index (χ0v) is 12.3. The Labute approximate surface area is 122 Å². The smallest absolute Gasteiger partial charge is 0.270 e. The van der Waals surface area contributed by atoms with Gasteiger partial charge in [0, 0.05) is 38.3 Å². The Morgan fingerprint density at radius 3 is 2.43 bits per heavy atom. The van der Waals surface area contributed by atoms with Crippen molar-refractivity contribution in [1.82, 2.24) is 9.21 Å². The quantitative estimate of drug-likeness (QED) is 0.449. The van der Waals surface area contributed by atoms with Gasteiger partial charge in [0.25, 0.3) is 5.69 Å². The summed E-state index contributed by atoms with van der Waals surface area (Å²) in [6.45, 7) is 1.90. The molecule has 0 unspecified atom stereocenters. The molecule has 0 bridgehead atoms. The molecule has 0 aliphatic carbocycles. The van der Waals surface area contributed by atoms with Crippen molar-refractivity contribution in [3.63, 3.8) is 0 Å². The molecule has 0 aromatic heterocycles. The minimum absolute atomic E-state index is 0.138. The lowest BCUT2D eigenvalue weighted by molar-refractivity contribution is -0.385. The number of nitrogen functional groups attached to an aromatic ring is 1. The van der Waals surface area contributed by atoms with Crippen LogP contribution in [0.25, 0.3) is 0 Å². The summed E-state index contributed by atoms with van der Waals surface area (Å²) in [4.78, 5) is 12.0. The van der Waals surface area contributed by atoms with E-state index in [0.29, 0.717) is 26.2 Å². The maximum Gasteiger partial charge on any atom is 0.270 e. The third-order valence-electron chi connectivity index (χ3n) is 3.41. The van der Waals surface area contributed by atoms with Crippen LogP contribution < -0.4 is 11.3 Å². The second-order valence-corrected chi connectivity index (χ2v) is 6.70.